The highest BCUT2D eigenvalue weighted by Gasteiger charge is 2.16. The molecule has 8 nitrogen and oxygen atoms in total. The molecule has 0 bridgehead atoms. The summed E-state index contributed by atoms with van der Waals surface area (Å²) >= 11 is 0. The summed E-state index contributed by atoms with van der Waals surface area (Å²) in [4.78, 5) is 35.0. The first kappa shape index (κ1) is 16.7. The predicted octanol–water partition coefficient (Wildman–Crippen LogP) is 1.93. The van der Waals surface area contributed by atoms with E-state index in [1.54, 1.807) is 13.8 Å². The predicted molar refractivity (Wildman–Crippen MR) is 75.0 cm³/mol. The molecule has 1 heterocycles. The van der Waals surface area contributed by atoms with Crippen LogP contribution in [0.4, 0.5) is 5.69 Å². The van der Waals surface area contributed by atoms with Gasteiger partial charge < -0.3 is 15.4 Å². The summed E-state index contributed by atoms with van der Waals surface area (Å²) in [5.41, 5.74) is -0.0319. The van der Waals surface area contributed by atoms with E-state index in [1.165, 1.54) is 6.07 Å². The van der Waals surface area contributed by atoms with Crippen LogP contribution in [0.1, 0.15) is 43.6 Å². The summed E-state index contributed by atoms with van der Waals surface area (Å²) < 4.78 is 0. The Morgan fingerprint density at radius 1 is 1.43 bits per heavy atom. The van der Waals surface area contributed by atoms with Crippen LogP contribution in [0.25, 0.3) is 0 Å². The molecule has 1 aromatic heterocycles. The van der Waals surface area contributed by atoms with Crippen molar-refractivity contribution in [3.05, 3.63) is 28.1 Å². The number of amides is 1. The van der Waals surface area contributed by atoms with Gasteiger partial charge in [-0.05, 0) is 19.8 Å². The smallest absolute Gasteiger partial charge is 0.306 e. The van der Waals surface area contributed by atoms with Gasteiger partial charge in [0.05, 0.1) is 17.0 Å². The monoisotopic (exact) mass is 297 g/mol. The first-order chi connectivity index (χ1) is 9.81. The van der Waals surface area contributed by atoms with Crippen LogP contribution in [0.5, 0.6) is 0 Å². The third-order valence-corrected chi connectivity index (χ3v) is 3.20. The number of hydrogen-bond donors (Lipinski definition) is 3. The molecular formula is C13H19N3O5. The molecule has 0 aromatic carbocycles. The molecule has 2 unspecified atom stereocenters. The number of carbonyl (C=O) groups is 2. The number of aliphatic carboxylic acids is 1. The number of carboxylic acids is 1. The van der Waals surface area contributed by atoms with Crippen molar-refractivity contribution in [3.8, 4) is 0 Å². The van der Waals surface area contributed by atoms with E-state index in [1.807, 2.05) is 0 Å². The quantitative estimate of drug-likeness (QED) is 0.499. The highest BCUT2D eigenvalue weighted by Crippen LogP contribution is 2.13. The summed E-state index contributed by atoms with van der Waals surface area (Å²) in [5, 5.41) is 22.0. The highest BCUT2D eigenvalue weighted by molar-refractivity contribution is 5.93. The minimum atomic E-state index is -0.828. The van der Waals surface area contributed by atoms with Crippen LogP contribution < -0.4 is 5.32 Å². The zero-order chi connectivity index (χ0) is 16.0. The Labute approximate surface area is 121 Å². The Kier molecular flexibility index (Phi) is 5.89. The van der Waals surface area contributed by atoms with Gasteiger partial charge in [-0.1, -0.05) is 13.3 Å². The van der Waals surface area contributed by atoms with E-state index in [0.29, 0.717) is 19.3 Å². The van der Waals surface area contributed by atoms with Crippen LogP contribution in [-0.2, 0) is 4.79 Å². The van der Waals surface area contributed by atoms with Gasteiger partial charge in [-0.3, -0.25) is 19.7 Å². The topological polar surface area (TPSA) is 125 Å². The molecular weight excluding hydrogens is 278 g/mol. The first-order valence-corrected chi connectivity index (χ1v) is 6.67. The Morgan fingerprint density at radius 2 is 2.10 bits per heavy atom. The Morgan fingerprint density at radius 3 is 2.62 bits per heavy atom. The van der Waals surface area contributed by atoms with Crippen LogP contribution in [0.15, 0.2) is 12.3 Å². The second-order valence-corrected chi connectivity index (χ2v) is 5.07. The van der Waals surface area contributed by atoms with Crippen LogP contribution in [0, 0.1) is 16.0 Å². The Bertz CT molecular complexity index is 526. The summed E-state index contributed by atoms with van der Waals surface area (Å²) in [6.45, 7) is 3.45. The molecule has 21 heavy (non-hydrogen) atoms. The minimum absolute atomic E-state index is 0.132. The fraction of sp³-hybridized carbons (Fsp3) is 0.538. The number of nitro groups is 1. The largest absolute Gasteiger partial charge is 0.481 e. The van der Waals surface area contributed by atoms with Crippen molar-refractivity contribution in [2.45, 2.75) is 39.2 Å². The molecule has 0 aliphatic rings. The zero-order valence-electron chi connectivity index (χ0n) is 12.0. The summed E-state index contributed by atoms with van der Waals surface area (Å²) in [6, 6.07) is 1.04. The van der Waals surface area contributed by atoms with Gasteiger partial charge in [-0.15, -0.1) is 0 Å². The van der Waals surface area contributed by atoms with Crippen LogP contribution in [0.2, 0.25) is 0 Å². The lowest BCUT2D eigenvalue weighted by Gasteiger charge is -2.13. The number of nitrogens with one attached hydrogen (secondary N) is 2. The Hall–Kier alpha value is -2.38. The minimum Gasteiger partial charge on any atom is -0.481 e. The van der Waals surface area contributed by atoms with Crippen molar-refractivity contribution in [1.82, 2.24) is 10.3 Å². The number of carboxylic acid groups (broad SMARTS) is 1. The van der Waals surface area contributed by atoms with E-state index in [2.05, 4.69) is 10.3 Å². The second kappa shape index (κ2) is 7.41. The van der Waals surface area contributed by atoms with Gasteiger partial charge in [-0.2, -0.15) is 0 Å². The third-order valence-electron chi connectivity index (χ3n) is 3.20. The second-order valence-electron chi connectivity index (χ2n) is 5.07. The average Bonchev–Trinajstić information content (AvgIpc) is 2.88. The van der Waals surface area contributed by atoms with Gasteiger partial charge in [-0.25, -0.2) is 0 Å². The number of hydrogen-bond acceptors (Lipinski definition) is 4. The van der Waals surface area contributed by atoms with Gasteiger partial charge in [0, 0.05) is 12.1 Å². The van der Waals surface area contributed by atoms with E-state index in [0.717, 1.165) is 6.20 Å². The summed E-state index contributed by atoms with van der Waals surface area (Å²) in [7, 11) is 0. The van der Waals surface area contributed by atoms with E-state index in [4.69, 9.17) is 5.11 Å². The molecule has 3 N–H and O–H groups in total. The first-order valence-electron chi connectivity index (χ1n) is 6.67. The Balaban J connectivity index is 2.39. The summed E-state index contributed by atoms with van der Waals surface area (Å²) in [6.07, 6.45) is 3.03. The SMILES string of the molecule is CC(CCCC(C)C(=O)O)NC(=O)c1cc([N+](=O)[O-])c[nH]1. The molecule has 1 aromatic rings. The number of H-pyrrole nitrogens is 1. The van der Waals surface area contributed by atoms with E-state index in [-0.39, 0.29) is 17.4 Å². The number of rotatable bonds is 8. The molecule has 0 fully saturated rings. The summed E-state index contributed by atoms with van der Waals surface area (Å²) in [5.74, 6) is -1.65. The maximum Gasteiger partial charge on any atom is 0.306 e. The lowest BCUT2D eigenvalue weighted by atomic mass is 10.0. The van der Waals surface area contributed by atoms with E-state index >= 15 is 0 Å². The zero-order valence-corrected chi connectivity index (χ0v) is 12.0. The van der Waals surface area contributed by atoms with Crippen LogP contribution in [-0.4, -0.2) is 32.9 Å². The number of aromatic nitrogens is 1. The highest BCUT2D eigenvalue weighted by atomic mass is 16.6. The van der Waals surface area contributed by atoms with Gasteiger partial charge in [0.1, 0.15) is 5.69 Å². The molecule has 0 spiro atoms. The molecule has 0 saturated heterocycles. The molecule has 8 heteroatoms. The van der Waals surface area contributed by atoms with Crippen molar-refractivity contribution in [2.75, 3.05) is 0 Å². The lowest BCUT2D eigenvalue weighted by molar-refractivity contribution is -0.384. The molecule has 0 aliphatic heterocycles. The maximum atomic E-state index is 11.8. The van der Waals surface area contributed by atoms with Crippen molar-refractivity contribution in [3.63, 3.8) is 0 Å². The maximum absolute atomic E-state index is 11.8. The van der Waals surface area contributed by atoms with Crippen molar-refractivity contribution < 1.29 is 19.6 Å². The van der Waals surface area contributed by atoms with Crippen molar-refractivity contribution in [2.24, 2.45) is 5.92 Å². The fourth-order valence-electron chi connectivity index (χ4n) is 1.85. The van der Waals surface area contributed by atoms with Gasteiger partial charge >= 0.3 is 5.97 Å². The number of nitrogens with zero attached hydrogens (tertiary/aromatic N) is 1. The van der Waals surface area contributed by atoms with E-state index in [9.17, 15) is 19.7 Å². The molecule has 1 amide bonds. The lowest BCUT2D eigenvalue weighted by Crippen LogP contribution is -2.32. The standard InChI is InChI=1S/C13H19N3O5/c1-8(13(18)19)4-3-5-9(2)15-12(17)11-6-10(7-14-11)16(20)21/h6-9,14H,3-5H2,1-2H3,(H,15,17)(H,18,19). The molecule has 0 radical (unpaired) electrons. The van der Waals surface area contributed by atoms with E-state index < -0.39 is 22.7 Å². The van der Waals surface area contributed by atoms with Crippen LogP contribution in [0.3, 0.4) is 0 Å². The normalized spacial score (nSPS) is 13.4. The molecule has 116 valence electrons. The fourth-order valence-corrected chi connectivity index (χ4v) is 1.85. The molecule has 2 atom stereocenters. The third kappa shape index (κ3) is 5.25. The van der Waals surface area contributed by atoms with Gasteiger partial charge in [0.15, 0.2) is 0 Å². The molecule has 0 saturated carbocycles. The number of carbonyl (C=O) groups excluding carboxylic acids is 1. The van der Waals surface area contributed by atoms with Crippen molar-refractivity contribution in [1.29, 1.82) is 0 Å². The number of aromatic amines is 1. The van der Waals surface area contributed by atoms with Crippen molar-refractivity contribution >= 4 is 17.6 Å². The average molecular weight is 297 g/mol. The van der Waals surface area contributed by atoms with Gasteiger partial charge in [0.2, 0.25) is 0 Å². The van der Waals surface area contributed by atoms with Crippen LogP contribution >= 0.6 is 0 Å². The van der Waals surface area contributed by atoms with Gasteiger partial charge in [0.25, 0.3) is 11.6 Å². The molecule has 0 aliphatic carbocycles. The molecule has 1 rings (SSSR count).